The van der Waals surface area contributed by atoms with Crippen LogP contribution in [0.25, 0.3) is 0 Å². The van der Waals surface area contributed by atoms with Crippen LogP contribution in [-0.4, -0.2) is 45.1 Å². The fourth-order valence-corrected chi connectivity index (χ4v) is 0.381. The molecule has 0 radical (unpaired) electrons. The molecule has 0 spiro atoms. The van der Waals surface area contributed by atoms with Crippen molar-refractivity contribution in [2.45, 2.75) is 25.9 Å². The van der Waals surface area contributed by atoms with Crippen molar-refractivity contribution in [2.75, 3.05) is 6.61 Å². The monoisotopic (exact) mass is 194 g/mol. The number of aliphatic carboxylic acids is 2. The van der Waals surface area contributed by atoms with Gasteiger partial charge < -0.3 is 20.4 Å². The maximum atomic E-state index is 9.83. The molecular formula is C7H14O6. The third kappa shape index (κ3) is 24.8. The highest BCUT2D eigenvalue weighted by atomic mass is 16.4. The van der Waals surface area contributed by atoms with Gasteiger partial charge in [-0.2, -0.15) is 0 Å². The normalized spacial score (nSPS) is 11.0. The minimum Gasteiger partial charge on any atom is -0.481 e. The third-order valence-electron chi connectivity index (χ3n) is 0.902. The maximum Gasteiger partial charge on any atom is 0.303 e. The Kier molecular flexibility index (Phi) is 9.91. The largest absolute Gasteiger partial charge is 0.481 e. The number of carboxylic acid groups (broad SMARTS) is 2. The Balaban J connectivity index is 0. The van der Waals surface area contributed by atoms with E-state index in [9.17, 15) is 4.79 Å². The summed E-state index contributed by atoms with van der Waals surface area (Å²) in [4.78, 5) is 18.8. The topological polar surface area (TPSA) is 115 Å². The summed E-state index contributed by atoms with van der Waals surface area (Å²) in [6.07, 6.45) is -0.866. The van der Waals surface area contributed by atoms with E-state index in [0.29, 0.717) is 0 Å². The van der Waals surface area contributed by atoms with Crippen LogP contribution in [0.3, 0.4) is 0 Å². The van der Waals surface area contributed by atoms with E-state index < -0.39 is 18.0 Å². The van der Waals surface area contributed by atoms with E-state index >= 15 is 0 Å². The summed E-state index contributed by atoms with van der Waals surface area (Å²) in [5, 5.41) is 32.3. The van der Waals surface area contributed by atoms with Gasteiger partial charge in [-0.3, -0.25) is 9.59 Å². The molecule has 0 heterocycles. The number of aliphatic hydroxyl groups is 2. The van der Waals surface area contributed by atoms with Crippen molar-refractivity contribution in [3.05, 3.63) is 0 Å². The average molecular weight is 194 g/mol. The molecule has 0 fully saturated rings. The molecule has 0 amide bonds. The zero-order valence-electron chi connectivity index (χ0n) is 7.30. The van der Waals surface area contributed by atoms with Crippen LogP contribution >= 0.6 is 0 Å². The first-order valence-corrected chi connectivity index (χ1v) is 3.60. The molecule has 0 saturated carbocycles. The number of carbonyl (C=O) groups is 2. The van der Waals surface area contributed by atoms with Crippen LogP contribution in [0.15, 0.2) is 0 Å². The van der Waals surface area contributed by atoms with E-state index in [2.05, 4.69) is 0 Å². The second-order valence-corrected chi connectivity index (χ2v) is 2.29. The van der Waals surface area contributed by atoms with Gasteiger partial charge in [-0.25, -0.2) is 0 Å². The molecule has 0 aromatic heterocycles. The molecule has 1 unspecified atom stereocenters. The molecule has 0 aliphatic rings. The van der Waals surface area contributed by atoms with Crippen molar-refractivity contribution in [3.8, 4) is 0 Å². The van der Waals surface area contributed by atoms with Gasteiger partial charge in [0.15, 0.2) is 0 Å². The molecule has 0 saturated heterocycles. The molecule has 6 nitrogen and oxygen atoms in total. The van der Waals surface area contributed by atoms with Crippen LogP contribution in [0.1, 0.15) is 19.8 Å². The maximum absolute atomic E-state index is 9.83. The summed E-state index contributed by atoms with van der Waals surface area (Å²) in [6, 6.07) is 0. The van der Waals surface area contributed by atoms with Gasteiger partial charge in [-0.15, -0.1) is 0 Å². The lowest BCUT2D eigenvalue weighted by atomic mass is 10.2. The predicted octanol–water partition coefficient (Wildman–Crippen LogP) is -0.705. The van der Waals surface area contributed by atoms with Gasteiger partial charge in [-0.05, 0) is 6.42 Å². The lowest BCUT2D eigenvalue weighted by Gasteiger charge is -2.01. The van der Waals surface area contributed by atoms with E-state index in [1.54, 1.807) is 0 Å². The summed E-state index contributed by atoms with van der Waals surface area (Å²) >= 11 is 0. The lowest BCUT2D eigenvalue weighted by Crippen LogP contribution is -2.13. The molecule has 0 aliphatic heterocycles. The smallest absolute Gasteiger partial charge is 0.303 e. The van der Waals surface area contributed by atoms with Crippen LogP contribution in [0.4, 0.5) is 0 Å². The first-order valence-electron chi connectivity index (χ1n) is 3.60. The van der Waals surface area contributed by atoms with Crippen LogP contribution in [0.2, 0.25) is 0 Å². The zero-order chi connectivity index (χ0) is 10.9. The first-order chi connectivity index (χ1) is 5.90. The Labute approximate surface area is 75.4 Å². The molecule has 78 valence electrons. The molecule has 6 heteroatoms. The molecular weight excluding hydrogens is 180 g/mol. The molecule has 0 aromatic rings. The van der Waals surface area contributed by atoms with Gasteiger partial charge in [-0.1, -0.05) is 0 Å². The van der Waals surface area contributed by atoms with Gasteiger partial charge >= 0.3 is 5.97 Å². The Morgan fingerprint density at radius 1 is 1.31 bits per heavy atom. The molecule has 13 heavy (non-hydrogen) atoms. The molecule has 0 rings (SSSR count). The van der Waals surface area contributed by atoms with Gasteiger partial charge in [0.25, 0.3) is 5.97 Å². The summed E-state index contributed by atoms with van der Waals surface area (Å²) in [5.74, 6) is -1.79. The van der Waals surface area contributed by atoms with Crippen LogP contribution in [0.5, 0.6) is 0 Å². The van der Waals surface area contributed by atoms with E-state index in [1.165, 1.54) is 0 Å². The van der Waals surface area contributed by atoms with E-state index in [0.717, 1.165) is 6.92 Å². The lowest BCUT2D eigenvalue weighted by molar-refractivity contribution is -0.138. The van der Waals surface area contributed by atoms with Crippen LogP contribution in [0, 0.1) is 0 Å². The highest BCUT2D eigenvalue weighted by molar-refractivity contribution is 5.66. The van der Waals surface area contributed by atoms with Crippen molar-refractivity contribution >= 4 is 11.9 Å². The van der Waals surface area contributed by atoms with Crippen molar-refractivity contribution in [3.63, 3.8) is 0 Å². The number of hydrogen-bond acceptors (Lipinski definition) is 4. The van der Waals surface area contributed by atoms with Gasteiger partial charge in [0, 0.05) is 13.3 Å². The Morgan fingerprint density at radius 3 is 1.92 bits per heavy atom. The fourth-order valence-electron chi connectivity index (χ4n) is 0.381. The van der Waals surface area contributed by atoms with Crippen molar-refractivity contribution in [2.24, 2.45) is 0 Å². The van der Waals surface area contributed by atoms with Crippen molar-refractivity contribution in [1.29, 1.82) is 0 Å². The minimum absolute atomic E-state index is 0.0955. The number of carboxylic acids is 2. The summed E-state index contributed by atoms with van der Waals surface area (Å²) in [6.45, 7) is 0.716. The highest BCUT2D eigenvalue weighted by Gasteiger charge is 2.03. The molecule has 0 bridgehead atoms. The molecule has 4 N–H and O–H groups in total. The second kappa shape index (κ2) is 8.95. The number of rotatable bonds is 4. The van der Waals surface area contributed by atoms with Gasteiger partial charge in [0.2, 0.25) is 0 Å². The summed E-state index contributed by atoms with van der Waals surface area (Å²) < 4.78 is 0. The number of hydrogen-bond donors (Lipinski definition) is 4. The first kappa shape index (κ1) is 14.4. The van der Waals surface area contributed by atoms with Crippen LogP contribution < -0.4 is 0 Å². The average Bonchev–Trinajstić information content (AvgIpc) is 1.99. The van der Waals surface area contributed by atoms with Gasteiger partial charge in [0.05, 0.1) is 12.7 Å². The summed E-state index contributed by atoms with van der Waals surface area (Å²) in [5.41, 5.74) is 0. The predicted molar refractivity (Wildman–Crippen MR) is 43.3 cm³/mol. The quantitative estimate of drug-likeness (QED) is 0.470. The Bertz CT molecular complexity index is 151. The fraction of sp³-hybridized carbons (Fsp3) is 0.714. The van der Waals surface area contributed by atoms with Gasteiger partial charge in [0.1, 0.15) is 0 Å². The van der Waals surface area contributed by atoms with Crippen molar-refractivity contribution in [1.82, 2.24) is 0 Å². The highest BCUT2D eigenvalue weighted by Crippen LogP contribution is 1.94. The zero-order valence-corrected chi connectivity index (χ0v) is 7.30. The second-order valence-electron chi connectivity index (χ2n) is 2.29. The molecule has 0 aromatic carbocycles. The van der Waals surface area contributed by atoms with E-state index in [-0.39, 0.29) is 19.4 Å². The third-order valence-corrected chi connectivity index (χ3v) is 0.902. The minimum atomic E-state index is -0.956. The molecule has 1 atom stereocenters. The number of aliphatic hydroxyl groups excluding tert-OH is 2. The van der Waals surface area contributed by atoms with E-state index in [1.807, 2.05) is 0 Å². The summed E-state index contributed by atoms with van der Waals surface area (Å²) in [7, 11) is 0. The van der Waals surface area contributed by atoms with E-state index in [4.69, 9.17) is 25.2 Å². The standard InChI is InChI=1S/C5H10O4.C2H4O2/c6-3-4(7)1-2-5(8)9;1-2(3)4/h4,6-7H,1-3H2,(H,8,9);1H3,(H,3,4). The molecule has 0 aliphatic carbocycles. The van der Waals surface area contributed by atoms with Crippen molar-refractivity contribution < 1.29 is 30.0 Å². The Hall–Kier alpha value is -1.14. The Morgan fingerprint density at radius 2 is 1.69 bits per heavy atom. The SMILES string of the molecule is CC(=O)O.O=C(O)CCC(O)CO. The van der Waals surface area contributed by atoms with Crippen LogP contribution in [-0.2, 0) is 9.59 Å².